The molecule has 0 bridgehead atoms. The maximum atomic E-state index is 12.8. The lowest BCUT2D eigenvalue weighted by molar-refractivity contribution is 0.0751. The topological polar surface area (TPSA) is 80.5 Å². The molecule has 0 saturated heterocycles. The number of hydrogen-bond donors (Lipinski definition) is 1. The van der Waals surface area contributed by atoms with E-state index in [9.17, 15) is 13.2 Å². The predicted octanol–water partition coefficient (Wildman–Crippen LogP) is 2.96. The van der Waals surface area contributed by atoms with E-state index in [1.165, 1.54) is 12.1 Å². The zero-order valence-electron chi connectivity index (χ0n) is 13.5. The van der Waals surface area contributed by atoms with Crippen LogP contribution in [0.3, 0.4) is 0 Å². The van der Waals surface area contributed by atoms with Crippen molar-refractivity contribution >= 4 is 27.5 Å². The molecule has 0 saturated carbocycles. The monoisotopic (exact) mass is 366 g/mol. The van der Waals surface area contributed by atoms with Crippen molar-refractivity contribution in [3.05, 3.63) is 64.2 Å². The van der Waals surface area contributed by atoms with Crippen molar-refractivity contribution in [3.63, 3.8) is 0 Å². The molecule has 2 aromatic rings. The Labute approximate surface area is 147 Å². The van der Waals surface area contributed by atoms with Crippen LogP contribution in [-0.2, 0) is 16.6 Å². The minimum Gasteiger partial charge on any atom is -0.335 e. The van der Waals surface area contributed by atoms with Crippen molar-refractivity contribution in [3.8, 4) is 0 Å². The molecule has 5 nitrogen and oxygen atoms in total. The summed E-state index contributed by atoms with van der Waals surface area (Å²) < 4.78 is 23.1. The number of sulfonamides is 1. The first-order chi connectivity index (χ1) is 11.2. The summed E-state index contributed by atoms with van der Waals surface area (Å²) in [6, 6.07) is 11.6. The summed E-state index contributed by atoms with van der Waals surface area (Å²) in [6.45, 7) is 4.41. The van der Waals surface area contributed by atoms with E-state index in [0.717, 1.165) is 5.56 Å². The molecule has 1 amide bonds. The Hall–Kier alpha value is -1.89. The van der Waals surface area contributed by atoms with Crippen LogP contribution in [0.25, 0.3) is 0 Å². The van der Waals surface area contributed by atoms with Gasteiger partial charge in [-0.1, -0.05) is 35.9 Å². The second-order valence-electron chi connectivity index (χ2n) is 5.43. The maximum Gasteiger partial charge on any atom is 0.254 e. The van der Waals surface area contributed by atoms with Crippen LogP contribution in [-0.4, -0.2) is 25.8 Å². The van der Waals surface area contributed by atoms with Gasteiger partial charge in [0, 0.05) is 23.7 Å². The number of nitrogens with two attached hydrogens (primary N) is 1. The van der Waals surface area contributed by atoms with E-state index in [4.69, 9.17) is 16.7 Å². The minimum absolute atomic E-state index is 0.0785. The number of nitrogens with zero attached hydrogens (tertiary/aromatic N) is 1. The van der Waals surface area contributed by atoms with Crippen molar-refractivity contribution < 1.29 is 13.2 Å². The van der Waals surface area contributed by atoms with Gasteiger partial charge in [-0.2, -0.15) is 0 Å². The highest BCUT2D eigenvalue weighted by molar-refractivity contribution is 7.89. The molecule has 0 aliphatic carbocycles. The van der Waals surface area contributed by atoms with Gasteiger partial charge in [-0.3, -0.25) is 4.79 Å². The molecule has 2 aromatic carbocycles. The maximum absolute atomic E-state index is 12.8. The number of carbonyl (C=O) groups is 1. The minimum atomic E-state index is -3.87. The van der Waals surface area contributed by atoms with Crippen LogP contribution in [0.15, 0.2) is 47.4 Å². The number of rotatable bonds is 5. The first-order valence-corrected chi connectivity index (χ1v) is 9.32. The fourth-order valence-electron chi connectivity index (χ4n) is 2.34. The molecule has 0 spiro atoms. The summed E-state index contributed by atoms with van der Waals surface area (Å²) >= 11 is 6.16. The van der Waals surface area contributed by atoms with Gasteiger partial charge in [0.1, 0.15) is 0 Å². The molecule has 7 heteroatoms. The number of carbonyl (C=O) groups excluding carboxylic acids is 1. The van der Waals surface area contributed by atoms with E-state index in [2.05, 4.69) is 0 Å². The van der Waals surface area contributed by atoms with Gasteiger partial charge in [-0.15, -0.1) is 0 Å². The van der Waals surface area contributed by atoms with Crippen molar-refractivity contribution in [2.45, 2.75) is 25.3 Å². The quantitative estimate of drug-likeness (QED) is 0.883. The SMILES string of the molecule is CCN(Cc1ccccc1Cl)C(=O)c1cc(S(N)(=O)=O)ccc1C. The summed E-state index contributed by atoms with van der Waals surface area (Å²) in [5.74, 6) is -0.264. The Balaban J connectivity index is 2.37. The third-order valence-electron chi connectivity index (χ3n) is 3.76. The van der Waals surface area contributed by atoms with Crippen molar-refractivity contribution in [1.82, 2.24) is 4.90 Å². The summed E-state index contributed by atoms with van der Waals surface area (Å²) in [4.78, 5) is 14.4. The van der Waals surface area contributed by atoms with E-state index in [0.29, 0.717) is 29.2 Å². The van der Waals surface area contributed by atoms with Crippen LogP contribution in [0.1, 0.15) is 28.4 Å². The molecule has 0 aromatic heterocycles. The molecule has 0 radical (unpaired) electrons. The molecular formula is C17H19ClN2O3S. The molecule has 128 valence electrons. The second-order valence-corrected chi connectivity index (χ2v) is 7.40. The fourth-order valence-corrected chi connectivity index (χ4v) is 3.07. The zero-order valence-corrected chi connectivity index (χ0v) is 15.1. The molecular weight excluding hydrogens is 348 g/mol. The van der Waals surface area contributed by atoms with Crippen LogP contribution in [0.4, 0.5) is 0 Å². The number of halogens is 1. The van der Waals surface area contributed by atoms with Gasteiger partial charge in [0.2, 0.25) is 10.0 Å². The van der Waals surface area contributed by atoms with Gasteiger partial charge in [-0.25, -0.2) is 13.6 Å². The molecule has 0 aliphatic rings. The fraction of sp³-hybridized carbons (Fsp3) is 0.235. The standard InChI is InChI=1S/C17H19ClN2O3S/c1-3-20(11-13-6-4-5-7-16(13)18)17(21)15-10-14(24(19,22)23)9-8-12(15)2/h4-10H,3,11H2,1-2H3,(H2,19,22,23). The number of aryl methyl sites for hydroxylation is 1. The molecule has 2 N–H and O–H groups in total. The van der Waals surface area contributed by atoms with E-state index in [1.807, 2.05) is 25.1 Å². The smallest absolute Gasteiger partial charge is 0.254 e. The average molecular weight is 367 g/mol. The number of benzene rings is 2. The Kier molecular flexibility index (Phi) is 5.64. The van der Waals surface area contributed by atoms with E-state index in [1.54, 1.807) is 24.0 Å². The van der Waals surface area contributed by atoms with Crippen LogP contribution in [0.5, 0.6) is 0 Å². The normalized spacial score (nSPS) is 11.3. The van der Waals surface area contributed by atoms with Gasteiger partial charge in [0.05, 0.1) is 4.90 Å². The highest BCUT2D eigenvalue weighted by Crippen LogP contribution is 2.21. The second kappa shape index (κ2) is 7.34. The molecule has 2 rings (SSSR count). The summed E-state index contributed by atoms with van der Waals surface area (Å²) in [5, 5.41) is 5.74. The lowest BCUT2D eigenvalue weighted by Gasteiger charge is -2.22. The first kappa shape index (κ1) is 18.4. The van der Waals surface area contributed by atoms with Gasteiger partial charge >= 0.3 is 0 Å². The van der Waals surface area contributed by atoms with Gasteiger partial charge in [-0.05, 0) is 43.2 Å². The van der Waals surface area contributed by atoms with Gasteiger partial charge < -0.3 is 4.90 Å². The molecule has 24 heavy (non-hydrogen) atoms. The average Bonchev–Trinajstić information content (AvgIpc) is 2.53. The van der Waals surface area contributed by atoms with Crippen molar-refractivity contribution in [2.24, 2.45) is 5.14 Å². The summed E-state index contributed by atoms with van der Waals surface area (Å²) in [6.07, 6.45) is 0. The van der Waals surface area contributed by atoms with Crippen molar-refractivity contribution in [1.29, 1.82) is 0 Å². The molecule has 0 aliphatic heterocycles. The van der Waals surface area contributed by atoms with Crippen LogP contribution in [0, 0.1) is 6.92 Å². The summed E-state index contributed by atoms with van der Waals surface area (Å²) in [5.41, 5.74) is 1.83. The largest absolute Gasteiger partial charge is 0.335 e. The van der Waals surface area contributed by atoms with Crippen LogP contribution in [0.2, 0.25) is 5.02 Å². The summed E-state index contributed by atoms with van der Waals surface area (Å²) in [7, 11) is -3.87. The van der Waals surface area contributed by atoms with Crippen LogP contribution < -0.4 is 5.14 Å². The Morgan fingerprint density at radius 3 is 2.46 bits per heavy atom. The molecule has 0 fully saturated rings. The van der Waals surface area contributed by atoms with E-state index < -0.39 is 10.0 Å². The Morgan fingerprint density at radius 1 is 1.21 bits per heavy atom. The van der Waals surface area contributed by atoms with Crippen molar-refractivity contribution in [2.75, 3.05) is 6.54 Å². The molecule has 0 heterocycles. The molecule has 0 unspecified atom stereocenters. The van der Waals surface area contributed by atoms with Crippen LogP contribution >= 0.6 is 11.6 Å². The Morgan fingerprint density at radius 2 is 1.88 bits per heavy atom. The third-order valence-corrected chi connectivity index (χ3v) is 5.04. The number of primary sulfonamides is 1. The highest BCUT2D eigenvalue weighted by atomic mass is 35.5. The lowest BCUT2D eigenvalue weighted by atomic mass is 10.1. The number of amides is 1. The Bertz CT molecular complexity index is 866. The highest BCUT2D eigenvalue weighted by Gasteiger charge is 2.20. The lowest BCUT2D eigenvalue weighted by Crippen LogP contribution is -2.31. The number of hydrogen-bond acceptors (Lipinski definition) is 3. The first-order valence-electron chi connectivity index (χ1n) is 7.40. The molecule has 0 atom stereocenters. The van der Waals surface area contributed by atoms with Gasteiger partial charge in [0.25, 0.3) is 5.91 Å². The van der Waals surface area contributed by atoms with Gasteiger partial charge in [0.15, 0.2) is 0 Å². The van der Waals surface area contributed by atoms with E-state index in [-0.39, 0.29) is 10.8 Å². The zero-order chi connectivity index (χ0) is 17.9. The van der Waals surface area contributed by atoms with E-state index >= 15 is 0 Å². The predicted molar refractivity (Wildman–Crippen MR) is 94.4 cm³/mol. The third kappa shape index (κ3) is 4.14.